The van der Waals surface area contributed by atoms with Gasteiger partial charge in [0.2, 0.25) is 0 Å². The average molecular weight is 364 g/mol. The first kappa shape index (κ1) is 22.3. The smallest absolute Gasteiger partial charge is 0.176 e. The highest BCUT2D eigenvalue weighted by atomic mass is 16.4. The second-order valence-electron chi connectivity index (χ2n) is 8.04. The molecule has 5 heteroatoms. The molecule has 0 saturated carbocycles. The molecule has 0 bridgehead atoms. The van der Waals surface area contributed by atoms with Crippen LogP contribution in [0.5, 0.6) is 0 Å². The van der Waals surface area contributed by atoms with Gasteiger partial charge in [0.05, 0.1) is 12.0 Å². The fraction of sp³-hybridized carbons (Fsp3) is 0.619. The fourth-order valence-electron chi connectivity index (χ4n) is 3.16. The van der Waals surface area contributed by atoms with E-state index in [4.69, 9.17) is 0 Å². The van der Waals surface area contributed by atoms with Crippen LogP contribution in [0.2, 0.25) is 0 Å². The molecule has 0 aromatic carbocycles. The van der Waals surface area contributed by atoms with Gasteiger partial charge >= 0.3 is 0 Å². The van der Waals surface area contributed by atoms with Gasteiger partial charge in [0.15, 0.2) is 17.2 Å². The molecule has 0 heterocycles. The van der Waals surface area contributed by atoms with E-state index in [1.54, 1.807) is 12.2 Å². The lowest BCUT2D eigenvalue weighted by Gasteiger charge is -2.33. The molecule has 0 aliphatic heterocycles. The monoisotopic (exact) mass is 364 g/mol. The van der Waals surface area contributed by atoms with E-state index in [0.29, 0.717) is 0 Å². The molecule has 1 aliphatic rings. The Morgan fingerprint density at radius 3 is 2.15 bits per heavy atom. The zero-order valence-electron chi connectivity index (χ0n) is 16.7. The molecule has 146 valence electrons. The van der Waals surface area contributed by atoms with Crippen LogP contribution in [-0.4, -0.2) is 38.6 Å². The van der Waals surface area contributed by atoms with Crippen molar-refractivity contribution in [2.75, 3.05) is 0 Å². The number of aliphatic hydroxyl groups excluding tert-OH is 2. The highest BCUT2D eigenvalue weighted by Crippen LogP contribution is 2.43. The lowest BCUT2D eigenvalue weighted by molar-refractivity contribution is -0.134. The van der Waals surface area contributed by atoms with Gasteiger partial charge in [-0.25, -0.2) is 0 Å². The Labute approximate surface area is 156 Å². The molecule has 3 atom stereocenters. The predicted octanol–water partition coefficient (Wildman–Crippen LogP) is 3.42. The van der Waals surface area contributed by atoms with Crippen LogP contribution in [0.3, 0.4) is 0 Å². The van der Waals surface area contributed by atoms with Crippen molar-refractivity contribution in [1.29, 1.82) is 0 Å². The maximum Gasteiger partial charge on any atom is 0.176 e. The summed E-state index contributed by atoms with van der Waals surface area (Å²) in [6.07, 6.45) is 2.43. The Balaban J connectivity index is 3.38. The molecular formula is C21H32O5. The highest BCUT2D eigenvalue weighted by molar-refractivity contribution is 6.23. The maximum atomic E-state index is 12.9. The molecule has 0 aromatic rings. The van der Waals surface area contributed by atoms with Crippen LogP contribution in [0.15, 0.2) is 34.6 Å². The summed E-state index contributed by atoms with van der Waals surface area (Å²) in [6.45, 7) is 11.1. The minimum atomic E-state index is -2.16. The number of hydrogen-bond acceptors (Lipinski definition) is 5. The van der Waals surface area contributed by atoms with Crippen molar-refractivity contribution in [1.82, 2.24) is 0 Å². The fourth-order valence-corrected chi connectivity index (χ4v) is 3.16. The lowest BCUT2D eigenvalue weighted by Crippen LogP contribution is -2.49. The highest BCUT2D eigenvalue weighted by Gasteiger charge is 2.58. The van der Waals surface area contributed by atoms with E-state index in [9.17, 15) is 24.9 Å². The van der Waals surface area contributed by atoms with Crippen molar-refractivity contribution >= 4 is 11.6 Å². The quantitative estimate of drug-likeness (QED) is 0.453. The maximum absolute atomic E-state index is 12.9. The molecule has 0 amide bonds. The molecule has 0 aromatic heterocycles. The summed E-state index contributed by atoms with van der Waals surface area (Å²) in [4.78, 5) is 25.3. The standard InChI is InChI=1S/C21H32O5/c1-12(2)7-9-15-19(24)18(16(22)11-14(5)6)20(25)21(15,26)17(23)10-8-13(3)4/h7-8,14-15,17,23,25-26H,9-11H2,1-6H3/t15-,17?,21+/m0/s1. The van der Waals surface area contributed by atoms with Crippen LogP contribution < -0.4 is 0 Å². The van der Waals surface area contributed by atoms with Crippen LogP contribution in [0.25, 0.3) is 0 Å². The van der Waals surface area contributed by atoms with Gasteiger partial charge < -0.3 is 15.3 Å². The molecule has 5 nitrogen and oxygen atoms in total. The number of hydrogen-bond donors (Lipinski definition) is 3. The third kappa shape index (κ3) is 4.71. The molecule has 1 aliphatic carbocycles. The van der Waals surface area contributed by atoms with Gasteiger partial charge in [-0.2, -0.15) is 0 Å². The zero-order chi connectivity index (χ0) is 20.2. The van der Waals surface area contributed by atoms with Crippen LogP contribution >= 0.6 is 0 Å². The minimum Gasteiger partial charge on any atom is -0.508 e. The van der Waals surface area contributed by atoms with E-state index in [1.165, 1.54) is 0 Å². The first-order valence-corrected chi connectivity index (χ1v) is 9.11. The zero-order valence-corrected chi connectivity index (χ0v) is 16.7. The van der Waals surface area contributed by atoms with Crippen molar-refractivity contribution in [2.24, 2.45) is 11.8 Å². The van der Waals surface area contributed by atoms with Crippen molar-refractivity contribution in [3.63, 3.8) is 0 Å². The van der Waals surface area contributed by atoms with E-state index in [0.717, 1.165) is 11.1 Å². The number of ketones is 2. The predicted molar refractivity (Wildman–Crippen MR) is 102 cm³/mol. The van der Waals surface area contributed by atoms with Gasteiger partial charge in [-0.1, -0.05) is 37.1 Å². The van der Waals surface area contributed by atoms with Crippen LogP contribution in [0.4, 0.5) is 0 Å². The van der Waals surface area contributed by atoms with Crippen LogP contribution in [-0.2, 0) is 9.59 Å². The molecule has 26 heavy (non-hydrogen) atoms. The summed E-state index contributed by atoms with van der Waals surface area (Å²) >= 11 is 0. The van der Waals surface area contributed by atoms with Gasteiger partial charge in [-0.15, -0.1) is 0 Å². The molecule has 0 radical (unpaired) electrons. The summed E-state index contributed by atoms with van der Waals surface area (Å²) in [6, 6.07) is 0. The second-order valence-corrected chi connectivity index (χ2v) is 8.04. The molecule has 1 unspecified atom stereocenters. The number of carbonyl (C=O) groups is 2. The Bertz CT molecular complexity index is 645. The number of rotatable bonds is 8. The van der Waals surface area contributed by atoms with E-state index in [1.807, 2.05) is 41.5 Å². The molecule has 0 fully saturated rings. The summed E-state index contributed by atoms with van der Waals surface area (Å²) in [5.74, 6) is -2.84. The van der Waals surface area contributed by atoms with Gasteiger partial charge in [0.1, 0.15) is 11.3 Å². The van der Waals surface area contributed by atoms with Crippen molar-refractivity contribution in [2.45, 2.75) is 72.5 Å². The molecule has 0 spiro atoms. The Morgan fingerprint density at radius 1 is 1.15 bits per heavy atom. The minimum absolute atomic E-state index is 0.0103. The van der Waals surface area contributed by atoms with Gasteiger partial charge in [0, 0.05) is 6.42 Å². The molecular weight excluding hydrogens is 332 g/mol. The normalized spacial score (nSPS) is 24.0. The van der Waals surface area contributed by atoms with Crippen molar-refractivity contribution in [3.05, 3.63) is 34.6 Å². The third-order valence-corrected chi connectivity index (χ3v) is 4.60. The van der Waals surface area contributed by atoms with E-state index in [2.05, 4.69) is 0 Å². The summed E-state index contributed by atoms with van der Waals surface area (Å²) < 4.78 is 0. The summed E-state index contributed by atoms with van der Waals surface area (Å²) in [5.41, 5.74) is -0.626. The molecule has 1 rings (SSSR count). The van der Waals surface area contributed by atoms with Gasteiger partial charge in [-0.3, -0.25) is 9.59 Å². The summed E-state index contributed by atoms with van der Waals surface area (Å²) in [7, 11) is 0. The SMILES string of the molecule is CC(C)=CCC(O)[C@@]1(O)C(O)=C(C(=O)CC(C)C)C(=O)[C@@H]1CC=C(C)C. The first-order chi connectivity index (χ1) is 11.9. The largest absolute Gasteiger partial charge is 0.508 e. The number of aliphatic hydroxyl groups is 3. The Morgan fingerprint density at radius 2 is 1.69 bits per heavy atom. The first-order valence-electron chi connectivity index (χ1n) is 9.11. The van der Waals surface area contributed by atoms with Gasteiger partial charge in [-0.05, 0) is 46.5 Å². The number of Topliss-reactive ketones (excluding diaryl/α,β-unsaturated/α-hetero) is 2. The van der Waals surface area contributed by atoms with Crippen LogP contribution in [0.1, 0.15) is 60.8 Å². The third-order valence-electron chi connectivity index (χ3n) is 4.60. The van der Waals surface area contributed by atoms with Gasteiger partial charge in [0.25, 0.3) is 0 Å². The van der Waals surface area contributed by atoms with Crippen LogP contribution in [0, 0.1) is 11.8 Å². The Hall–Kier alpha value is -1.72. The number of carbonyl (C=O) groups excluding carboxylic acids is 2. The average Bonchev–Trinajstić information content (AvgIpc) is 2.69. The van der Waals surface area contributed by atoms with Crippen molar-refractivity contribution < 1.29 is 24.9 Å². The van der Waals surface area contributed by atoms with E-state index >= 15 is 0 Å². The second kappa shape index (κ2) is 8.78. The molecule has 3 N–H and O–H groups in total. The van der Waals surface area contributed by atoms with E-state index in [-0.39, 0.29) is 30.8 Å². The van der Waals surface area contributed by atoms with E-state index < -0.39 is 34.9 Å². The Kier molecular flexibility index (Phi) is 7.54. The summed E-state index contributed by atoms with van der Waals surface area (Å²) in [5, 5.41) is 32.4. The number of allylic oxidation sites excluding steroid dienone is 4. The molecule has 0 saturated heterocycles. The van der Waals surface area contributed by atoms with Crippen molar-refractivity contribution in [3.8, 4) is 0 Å². The lowest BCUT2D eigenvalue weighted by atomic mass is 9.80. The topological polar surface area (TPSA) is 94.8 Å².